The van der Waals surface area contributed by atoms with E-state index in [1.807, 2.05) is 11.3 Å². The minimum Gasteiger partial charge on any atom is -0.310 e. The zero-order valence-electron chi connectivity index (χ0n) is 30.3. The Kier molecular flexibility index (Phi) is 6.80. The largest absolute Gasteiger partial charge is 0.310 e. The molecule has 0 spiro atoms. The van der Waals surface area contributed by atoms with Crippen LogP contribution in [0.4, 0.5) is 0 Å². The normalized spacial score (nSPS) is 11.9. The second kappa shape index (κ2) is 12.2. The molecule has 0 unspecified atom stereocenters. The van der Waals surface area contributed by atoms with Gasteiger partial charge < -0.3 is 13.7 Å². The van der Waals surface area contributed by atoms with E-state index in [1.54, 1.807) is 0 Å². The Labute approximate surface area is 326 Å². The lowest BCUT2D eigenvalue weighted by atomic mass is 10.1. The first-order valence-corrected chi connectivity index (χ1v) is 19.9. The molecule has 262 valence electrons. The van der Waals surface area contributed by atoms with Crippen molar-refractivity contribution in [1.29, 1.82) is 0 Å². The van der Waals surface area contributed by atoms with Gasteiger partial charge in [-0.3, -0.25) is 0 Å². The highest BCUT2D eigenvalue weighted by atomic mass is 32.1. The van der Waals surface area contributed by atoms with Crippen LogP contribution in [0.5, 0.6) is 0 Å². The van der Waals surface area contributed by atoms with Gasteiger partial charge in [-0.1, -0.05) is 103 Å². The SMILES string of the molecule is c1ccc(-n2c3ccccc3c3c(-n4c5cccc(c5)c5cccc(c5)n(-c5cccc6ccccc56)c5ccc6sc7ccc4cc7c6c5)cccc32)cc1. The molecule has 0 aliphatic carbocycles. The van der Waals surface area contributed by atoms with Crippen molar-refractivity contribution in [3.8, 4) is 17.1 Å². The van der Waals surface area contributed by atoms with E-state index in [0.717, 1.165) is 44.5 Å². The fraction of sp³-hybridized carbons (Fsp3) is 0. The van der Waals surface area contributed by atoms with Gasteiger partial charge in [0.1, 0.15) is 0 Å². The molecule has 0 atom stereocenters. The number of rotatable bonds is 3. The van der Waals surface area contributed by atoms with Gasteiger partial charge in [-0.2, -0.15) is 0 Å². The number of para-hydroxylation sites is 2. The van der Waals surface area contributed by atoms with Crippen LogP contribution >= 0.6 is 11.3 Å². The van der Waals surface area contributed by atoms with Crippen LogP contribution in [-0.2, 0) is 0 Å². The molecule has 0 fully saturated rings. The number of benzene rings is 9. The van der Waals surface area contributed by atoms with E-state index >= 15 is 0 Å². The van der Waals surface area contributed by atoms with Crippen molar-refractivity contribution in [2.24, 2.45) is 0 Å². The Morgan fingerprint density at radius 2 is 0.821 bits per heavy atom. The Balaban J connectivity index is 1.26. The van der Waals surface area contributed by atoms with Crippen LogP contribution < -0.4 is 0 Å². The number of aromatic nitrogens is 3. The van der Waals surface area contributed by atoms with Gasteiger partial charge in [0.2, 0.25) is 0 Å². The average molecular weight is 732 g/mol. The number of hydrogen-bond acceptors (Lipinski definition) is 1. The second-order valence-electron chi connectivity index (χ2n) is 14.6. The van der Waals surface area contributed by atoms with Gasteiger partial charge in [-0.25, -0.2) is 0 Å². The summed E-state index contributed by atoms with van der Waals surface area (Å²) in [6.07, 6.45) is 0. The van der Waals surface area contributed by atoms with Crippen LogP contribution in [0.1, 0.15) is 0 Å². The van der Waals surface area contributed by atoms with Gasteiger partial charge >= 0.3 is 0 Å². The predicted octanol–water partition coefficient (Wildman–Crippen LogP) is 14.5. The van der Waals surface area contributed by atoms with Gasteiger partial charge in [0.25, 0.3) is 0 Å². The highest BCUT2D eigenvalue weighted by Crippen LogP contribution is 2.40. The first kappa shape index (κ1) is 31.2. The summed E-state index contributed by atoms with van der Waals surface area (Å²) in [5, 5.41) is 9.74. The van der Waals surface area contributed by atoms with Gasteiger partial charge in [0, 0.05) is 64.1 Å². The van der Waals surface area contributed by atoms with Crippen molar-refractivity contribution in [3.05, 3.63) is 200 Å². The lowest BCUT2D eigenvalue weighted by Crippen LogP contribution is -1.99. The summed E-state index contributed by atoms with van der Waals surface area (Å²) in [4.78, 5) is 0. The molecule has 0 saturated heterocycles. The topological polar surface area (TPSA) is 14.8 Å². The molecular formula is C52H33N3S. The summed E-state index contributed by atoms with van der Waals surface area (Å²) >= 11 is 1.86. The Morgan fingerprint density at radius 3 is 1.55 bits per heavy atom. The van der Waals surface area contributed by atoms with Crippen molar-refractivity contribution >= 4 is 96.9 Å². The molecule has 0 radical (unpaired) electrons. The summed E-state index contributed by atoms with van der Waals surface area (Å²) in [6.45, 7) is 0. The van der Waals surface area contributed by atoms with E-state index in [1.165, 1.54) is 58.1 Å². The Bertz CT molecular complexity index is 3590. The highest BCUT2D eigenvalue weighted by molar-refractivity contribution is 7.25. The monoisotopic (exact) mass is 731 g/mol. The fourth-order valence-corrected chi connectivity index (χ4v) is 10.0. The summed E-state index contributed by atoms with van der Waals surface area (Å²) in [6, 6.07) is 73.7. The van der Waals surface area contributed by atoms with Gasteiger partial charge in [0.05, 0.1) is 22.4 Å². The molecule has 0 aliphatic heterocycles. The van der Waals surface area contributed by atoms with Crippen LogP contribution in [-0.4, -0.2) is 13.7 Å². The van der Waals surface area contributed by atoms with Crippen LogP contribution in [0.15, 0.2) is 200 Å². The second-order valence-corrected chi connectivity index (χ2v) is 15.7. The molecule has 8 bridgehead atoms. The van der Waals surface area contributed by atoms with E-state index in [9.17, 15) is 0 Å². The quantitative estimate of drug-likeness (QED) is 0.172. The molecule has 0 N–H and O–H groups in total. The minimum atomic E-state index is 1.11. The van der Waals surface area contributed by atoms with E-state index in [2.05, 4.69) is 214 Å². The molecule has 56 heavy (non-hydrogen) atoms. The van der Waals surface area contributed by atoms with Crippen LogP contribution in [0, 0.1) is 0 Å². The minimum absolute atomic E-state index is 1.11. The molecule has 3 aromatic heterocycles. The maximum absolute atomic E-state index is 2.47. The summed E-state index contributed by atoms with van der Waals surface area (Å²) < 4.78 is 9.86. The maximum Gasteiger partial charge on any atom is 0.0562 e. The van der Waals surface area contributed by atoms with Gasteiger partial charge in [-0.15, -0.1) is 11.3 Å². The lowest BCUT2D eigenvalue weighted by Gasteiger charge is -2.15. The molecule has 3 heterocycles. The standard InChI is InChI=1S/C52H33N3S/c1-2-16-37(17-3-1)55-47-22-7-6-21-43(47)52-48(24-11-25-49(52)55)54-39-19-9-15-36(31-39)35-14-8-18-38(30-35)53(46-23-10-13-34-12-4-5-20-42(34)46)40-26-28-50-44(32-40)45-33-41(54)27-29-51(45)56-50/h1-33H. The first-order valence-electron chi connectivity index (χ1n) is 19.1. The third-order valence-electron chi connectivity index (χ3n) is 11.4. The third kappa shape index (κ3) is 4.70. The number of thiophene rings is 1. The lowest BCUT2D eigenvalue weighted by molar-refractivity contribution is 1.16. The predicted molar refractivity (Wildman–Crippen MR) is 240 cm³/mol. The van der Waals surface area contributed by atoms with E-state index < -0.39 is 0 Å². The number of fused-ring (bicyclic) bond motifs is 11. The smallest absolute Gasteiger partial charge is 0.0562 e. The van der Waals surface area contributed by atoms with Crippen LogP contribution in [0.2, 0.25) is 0 Å². The first-order chi connectivity index (χ1) is 27.8. The maximum atomic E-state index is 2.47. The molecule has 3 nitrogen and oxygen atoms in total. The molecule has 4 heteroatoms. The van der Waals surface area contributed by atoms with Crippen LogP contribution in [0.3, 0.4) is 0 Å². The third-order valence-corrected chi connectivity index (χ3v) is 12.6. The Morgan fingerprint density at radius 1 is 0.304 bits per heavy atom. The molecular weight excluding hydrogens is 699 g/mol. The molecule has 12 aromatic rings. The van der Waals surface area contributed by atoms with Crippen molar-refractivity contribution in [2.75, 3.05) is 0 Å². The zero-order chi connectivity index (χ0) is 36.7. The van der Waals surface area contributed by atoms with E-state index in [4.69, 9.17) is 0 Å². The van der Waals surface area contributed by atoms with Gasteiger partial charge in [-0.05, 0) is 113 Å². The van der Waals surface area contributed by atoms with Crippen molar-refractivity contribution < 1.29 is 0 Å². The van der Waals surface area contributed by atoms with Crippen molar-refractivity contribution in [1.82, 2.24) is 13.7 Å². The van der Waals surface area contributed by atoms with Crippen molar-refractivity contribution in [3.63, 3.8) is 0 Å². The number of hydrogen-bond donors (Lipinski definition) is 0. The molecule has 12 rings (SSSR count). The highest BCUT2D eigenvalue weighted by Gasteiger charge is 2.18. The van der Waals surface area contributed by atoms with Crippen molar-refractivity contribution in [2.45, 2.75) is 0 Å². The molecule has 9 aromatic carbocycles. The molecule has 0 aliphatic rings. The summed E-state index contributed by atoms with van der Waals surface area (Å²) in [7, 11) is 0. The molecule has 0 amide bonds. The fourth-order valence-electron chi connectivity index (χ4n) is 8.98. The van der Waals surface area contributed by atoms with Crippen LogP contribution in [0.25, 0.3) is 103 Å². The number of nitrogens with zero attached hydrogens (tertiary/aromatic N) is 3. The summed E-state index contributed by atoms with van der Waals surface area (Å²) in [5.41, 5.74) is 10.3. The van der Waals surface area contributed by atoms with Gasteiger partial charge in [0.15, 0.2) is 0 Å². The van der Waals surface area contributed by atoms with E-state index in [0.29, 0.717) is 0 Å². The average Bonchev–Trinajstić information content (AvgIpc) is 3.80. The zero-order valence-corrected chi connectivity index (χ0v) is 31.1. The van der Waals surface area contributed by atoms with E-state index in [-0.39, 0.29) is 0 Å². The Hall–Kier alpha value is -7.14. The molecule has 0 saturated carbocycles. The summed E-state index contributed by atoms with van der Waals surface area (Å²) in [5.74, 6) is 0.